The molecule has 6 heteroatoms. The van der Waals surface area contributed by atoms with E-state index in [2.05, 4.69) is 9.82 Å². The molecule has 5 nitrogen and oxygen atoms in total. The molecule has 1 aromatic carbocycles. The number of rotatable bonds is 5. The first-order chi connectivity index (χ1) is 10.6. The van der Waals surface area contributed by atoms with Gasteiger partial charge >= 0.3 is 5.97 Å². The largest absolute Gasteiger partial charge is 0.465 e. The van der Waals surface area contributed by atoms with Gasteiger partial charge in [-0.3, -0.25) is 9.40 Å². The summed E-state index contributed by atoms with van der Waals surface area (Å²) in [7, 11) is 3.28. The molecule has 0 aliphatic heterocycles. The maximum atomic E-state index is 11.4. The van der Waals surface area contributed by atoms with Crippen LogP contribution in [0.2, 0.25) is 0 Å². The predicted octanol–water partition coefficient (Wildman–Crippen LogP) is 3.34. The number of ether oxygens (including phenoxy) is 1. The first kappa shape index (κ1) is 18.3. The van der Waals surface area contributed by atoms with Crippen molar-refractivity contribution in [3.63, 3.8) is 0 Å². The fourth-order valence-electron chi connectivity index (χ4n) is 1.75. The highest BCUT2D eigenvalue weighted by atomic mass is 32.2. The quantitative estimate of drug-likeness (QED) is 0.676. The Balaban J connectivity index is 0.00000116. The standard InChI is InChI=1S/C14H17N3O2S.C2H6/c1-10-8-11(14(18)19-3)4-5-13(10)20-15-9-12-6-7-17(2)16-12;1-2/h4-8,15H,9H2,1-3H3;1-2H3. The second-order valence-electron chi connectivity index (χ2n) is 4.38. The van der Waals surface area contributed by atoms with Crippen molar-refractivity contribution >= 4 is 17.9 Å². The molecule has 1 N–H and O–H groups in total. The van der Waals surface area contributed by atoms with Crippen LogP contribution in [0.5, 0.6) is 0 Å². The number of hydrogen-bond acceptors (Lipinski definition) is 5. The van der Waals surface area contributed by atoms with E-state index < -0.39 is 0 Å². The Kier molecular flexibility index (Phi) is 7.70. The topological polar surface area (TPSA) is 56.1 Å². The molecule has 0 saturated heterocycles. The summed E-state index contributed by atoms with van der Waals surface area (Å²) >= 11 is 1.53. The molecule has 0 saturated carbocycles. The Labute approximate surface area is 136 Å². The van der Waals surface area contributed by atoms with Crippen LogP contribution >= 0.6 is 11.9 Å². The maximum absolute atomic E-state index is 11.4. The maximum Gasteiger partial charge on any atom is 0.337 e. The molecule has 0 aliphatic rings. The summed E-state index contributed by atoms with van der Waals surface area (Å²) in [5.41, 5.74) is 2.59. The van der Waals surface area contributed by atoms with E-state index in [1.807, 2.05) is 52.2 Å². The van der Waals surface area contributed by atoms with Gasteiger partial charge in [0.15, 0.2) is 0 Å². The van der Waals surface area contributed by atoms with Crippen molar-refractivity contribution in [3.05, 3.63) is 47.3 Å². The van der Waals surface area contributed by atoms with Crippen LogP contribution in [-0.4, -0.2) is 22.9 Å². The fourth-order valence-corrected chi connectivity index (χ4v) is 2.49. The minimum Gasteiger partial charge on any atom is -0.465 e. The van der Waals surface area contributed by atoms with Crippen LogP contribution in [0.1, 0.15) is 35.5 Å². The van der Waals surface area contributed by atoms with Gasteiger partial charge in [-0.25, -0.2) is 4.79 Å². The molecule has 0 amide bonds. The zero-order chi connectivity index (χ0) is 16.5. The van der Waals surface area contributed by atoms with E-state index in [0.29, 0.717) is 12.1 Å². The smallest absolute Gasteiger partial charge is 0.337 e. The van der Waals surface area contributed by atoms with Gasteiger partial charge in [0.05, 0.1) is 24.9 Å². The Morgan fingerprint density at radius 3 is 2.64 bits per heavy atom. The molecular weight excluding hydrogens is 298 g/mol. The van der Waals surface area contributed by atoms with Gasteiger partial charge in [-0.1, -0.05) is 13.8 Å². The van der Waals surface area contributed by atoms with Crippen LogP contribution in [0.4, 0.5) is 0 Å². The molecule has 120 valence electrons. The minimum atomic E-state index is -0.314. The van der Waals surface area contributed by atoms with Crippen molar-refractivity contribution < 1.29 is 9.53 Å². The van der Waals surface area contributed by atoms with Gasteiger partial charge < -0.3 is 4.74 Å². The van der Waals surface area contributed by atoms with Crippen LogP contribution < -0.4 is 4.72 Å². The van der Waals surface area contributed by atoms with Crippen LogP contribution in [-0.2, 0) is 18.3 Å². The molecule has 0 bridgehead atoms. The van der Waals surface area contributed by atoms with Crippen LogP contribution in [0.25, 0.3) is 0 Å². The third kappa shape index (κ3) is 5.20. The molecule has 1 aromatic heterocycles. The normalized spacial score (nSPS) is 9.86. The Morgan fingerprint density at radius 2 is 2.09 bits per heavy atom. The summed E-state index contributed by atoms with van der Waals surface area (Å²) in [6, 6.07) is 7.48. The molecule has 0 radical (unpaired) electrons. The summed E-state index contributed by atoms with van der Waals surface area (Å²) in [5.74, 6) is -0.314. The molecular formula is C16H23N3O2S. The third-order valence-electron chi connectivity index (χ3n) is 2.80. The van der Waals surface area contributed by atoms with Gasteiger partial charge in [-0.15, -0.1) is 0 Å². The zero-order valence-corrected chi connectivity index (χ0v) is 14.5. The summed E-state index contributed by atoms with van der Waals surface area (Å²) in [6.45, 7) is 6.65. The molecule has 0 atom stereocenters. The van der Waals surface area contributed by atoms with E-state index in [4.69, 9.17) is 4.74 Å². The number of methoxy groups -OCH3 is 1. The Bertz CT molecular complexity index is 611. The Morgan fingerprint density at radius 1 is 1.36 bits per heavy atom. The van der Waals surface area contributed by atoms with E-state index in [9.17, 15) is 4.79 Å². The molecule has 0 spiro atoms. The highest BCUT2D eigenvalue weighted by Crippen LogP contribution is 2.21. The monoisotopic (exact) mass is 321 g/mol. The van der Waals surface area contributed by atoms with Crippen LogP contribution in [0.15, 0.2) is 35.4 Å². The van der Waals surface area contributed by atoms with E-state index >= 15 is 0 Å². The average molecular weight is 321 g/mol. The summed E-state index contributed by atoms with van der Waals surface area (Å²) < 4.78 is 9.74. The zero-order valence-electron chi connectivity index (χ0n) is 13.7. The number of carbonyl (C=O) groups is 1. The summed E-state index contributed by atoms with van der Waals surface area (Å²) in [4.78, 5) is 12.5. The van der Waals surface area contributed by atoms with Crippen molar-refractivity contribution in [3.8, 4) is 0 Å². The number of nitrogens with zero attached hydrogens (tertiary/aromatic N) is 2. The first-order valence-electron chi connectivity index (χ1n) is 7.17. The Hall–Kier alpha value is -1.79. The van der Waals surface area contributed by atoms with E-state index in [1.165, 1.54) is 19.1 Å². The number of aryl methyl sites for hydroxylation is 2. The average Bonchev–Trinajstić information content (AvgIpc) is 2.95. The van der Waals surface area contributed by atoms with Gasteiger partial charge in [-0.2, -0.15) is 5.10 Å². The predicted molar refractivity (Wildman–Crippen MR) is 89.8 cm³/mol. The lowest BCUT2D eigenvalue weighted by Gasteiger charge is -2.07. The molecule has 2 rings (SSSR count). The van der Waals surface area contributed by atoms with Crippen molar-refractivity contribution in [2.45, 2.75) is 32.2 Å². The van der Waals surface area contributed by atoms with Gasteiger partial charge in [0.25, 0.3) is 0 Å². The van der Waals surface area contributed by atoms with Crippen LogP contribution in [0.3, 0.4) is 0 Å². The lowest BCUT2D eigenvalue weighted by atomic mass is 10.1. The number of benzene rings is 1. The number of carbonyl (C=O) groups excluding carboxylic acids is 1. The molecule has 0 aliphatic carbocycles. The highest BCUT2D eigenvalue weighted by Gasteiger charge is 2.08. The van der Waals surface area contributed by atoms with Crippen molar-refractivity contribution in [2.75, 3.05) is 7.11 Å². The summed E-state index contributed by atoms with van der Waals surface area (Å²) in [6.07, 6.45) is 1.91. The first-order valence-corrected chi connectivity index (χ1v) is 7.99. The van der Waals surface area contributed by atoms with Gasteiger partial charge in [-0.05, 0) is 48.7 Å². The molecule has 0 unspecified atom stereocenters. The van der Waals surface area contributed by atoms with E-state index in [-0.39, 0.29) is 5.97 Å². The molecule has 22 heavy (non-hydrogen) atoms. The summed E-state index contributed by atoms with van der Waals surface area (Å²) in [5, 5.41) is 4.29. The number of esters is 1. The lowest BCUT2D eigenvalue weighted by Crippen LogP contribution is -2.06. The molecule has 0 fully saturated rings. The van der Waals surface area contributed by atoms with Crippen molar-refractivity contribution in [2.24, 2.45) is 7.05 Å². The number of hydrogen-bond donors (Lipinski definition) is 1. The second kappa shape index (κ2) is 9.27. The van der Waals surface area contributed by atoms with E-state index in [1.54, 1.807) is 10.7 Å². The number of nitrogens with one attached hydrogen (secondary N) is 1. The molecule has 1 heterocycles. The highest BCUT2D eigenvalue weighted by molar-refractivity contribution is 7.97. The van der Waals surface area contributed by atoms with Crippen LogP contribution in [0, 0.1) is 6.92 Å². The van der Waals surface area contributed by atoms with Crippen molar-refractivity contribution in [1.29, 1.82) is 0 Å². The van der Waals surface area contributed by atoms with Gasteiger partial charge in [0.1, 0.15) is 0 Å². The molecule has 2 aromatic rings. The minimum absolute atomic E-state index is 0.314. The van der Waals surface area contributed by atoms with Gasteiger partial charge in [0.2, 0.25) is 0 Å². The van der Waals surface area contributed by atoms with Gasteiger partial charge in [0, 0.05) is 18.1 Å². The second-order valence-corrected chi connectivity index (χ2v) is 5.31. The van der Waals surface area contributed by atoms with Crippen molar-refractivity contribution in [1.82, 2.24) is 14.5 Å². The van der Waals surface area contributed by atoms with E-state index in [0.717, 1.165) is 16.2 Å². The third-order valence-corrected chi connectivity index (χ3v) is 3.77. The fraction of sp³-hybridized carbons (Fsp3) is 0.375. The lowest BCUT2D eigenvalue weighted by molar-refractivity contribution is 0.0600. The number of aromatic nitrogens is 2. The SMILES string of the molecule is CC.COC(=O)c1ccc(SNCc2ccn(C)n2)c(C)c1.